The van der Waals surface area contributed by atoms with Gasteiger partial charge in [-0.15, -0.1) is 0 Å². The molecule has 7 nitrogen and oxygen atoms in total. The van der Waals surface area contributed by atoms with E-state index in [0.717, 1.165) is 17.1 Å². The number of carbonyl (C=O) groups excluding carboxylic acids is 2. The SMILES string of the molecule is COc1ccc(-c2ccc(C=C3SC(N4CCN(C(C)=O)CC4)=NC3=O)o2)cc1. The number of furan rings is 1. The van der Waals surface area contributed by atoms with E-state index in [-0.39, 0.29) is 11.8 Å². The topological polar surface area (TPSA) is 75.3 Å². The second kappa shape index (κ2) is 8.16. The van der Waals surface area contributed by atoms with Gasteiger partial charge in [-0.3, -0.25) is 9.59 Å². The van der Waals surface area contributed by atoms with Crippen LogP contribution in [0.3, 0.4) is 0 Å². The van der Waals surface area contributed by atoms with E-state index in [1.165, 1.54) is 11.8 Å². The lowest BCUT2D eigenvalue weighted by Crippen LogP contribution is -2.49. The number of benzene rings is 1. The first-order valence-corrected chi connectivity index (χ1v) is 10.1. The largest absolute Gasteiger partial charge is 0.497 e. The number of thioether (sulfide) groups is 1. The molecule has 0 radical (unpaired) electrons. The van der Waals surface area contributed by atoms with Crippen molar-refractivity contribution in [3.8, 4) is 17.1 Å². The average Bonchev–Trinajstić information content (AvgIpc) is 3.35. The molecule has 0 saturated carbocycles. The predicted octanol–water partition coefficient (Wildman–Crippen LogP) is 3.09. The normalized spacial score (nSPS) is 18.3. The van der Waals surface area contributed by atoms with Crippen LogP contribution in [0, 0.1) is 0 Å². The minimum absolute atomic E-state index is 0.0767. The van der Waals surface area contributed by atoms with Gasteiger partial charge in [0.1, 0.15) is 17.3 Å². The van der Waals surface area contributed by atoms with E-state index < -0.39 is 0 Å². The molecule has 0 bridgehead atoms. The zero-order valence-electron chi connectivity index (χ0n) is 16.3. The molecule has 29 heavy (non-hydrogen) atoms. The number of rotatable bonds is 3. The van der Waals surface area contributed by atoms with Gasteiger partial charge in [-0.05, 0) is 48.2 Å². The van der Waals surface area contributed by atoms with Gasteiger partial charge in [0.2, 0.25) is 5.91 Å². The number of nitrogens with zero attached hydrogens (tertiary/aromatic N) is 3. The van der Waals surface area contributed by atoms with Gasteiger partial charge in [-0.1, -0.05) is 0 Å². The second-order valence-electron chi connectivity index (χ2n) is 6.73. The molecule has 0 unspecified atom stereocenters. The summed E-state index contributed by atoms with van der Waals surface area (Å²) in [6.45, 7) is 4.21. The highest BCUT2D eigenvalue weighted by Crippen LogP contribution is 2.32. The van der Waals surface area contributed by atoms with Crippen LogP contribution in [0.1, 0.15) is 12.7 Å². The molecule has 1 fully saturated rings. The number of amidine groups is 1. The van der Waals surface area contributed by atoms with Crippen molar-refractivity contribution >= 4 is 34.8 Å². The van der Waals surface area contributed by atoms with Crippen molar-refractivity contribution in [2.24, 2.45) is 4.99 Å². The lowest BCUT2D eigenvalue weighted by atomic mass is 10.2. The molecule has 1 aromatic carbocycles. The lowest BCUT2D eigenvalue weighted by Gasteiger charge is -2.34. The van der Waals surface area contributed by atoms with Gasteiger partial charge >= 0.3 is 0 Å². The third-order valence-electron chi connectivity index (χ3n) is 4.88. The van der Waals surface area contributed by atoms with E-state index in [0.29, 0.717) is 42.0 Å². The standard InChI is InChI=1S/C21H21N3O4S/c1-14(25)23-9-11-24(12-10-23)21-22-20(26)19(29-21)13-17-7-8-18(28-17)15-3-5-16(27-2)6-4-15/h3-8,13H,9-12H2,1-2H3. The molecule has 8 heteroatoms. The highest BCUT2D eigenvalue weighted by atomic mass is 32.2. The minimum atomic E-state index is -0.263. The summed E-state index contributed by atoms with van der Waals surface area (Å²) in [6, 6.07) is 11.3. The van der Waals surface area contributed by atoms with Crippen LogP contribution in [-0.4, -0.2) is 60.1 Å². The summed E-state index contributed by atoms with van der Waals surface area (Å²) < 4.78 is 11.1. The van der Waals surface area contributed by atoms with Crippen LogP contribution >= 0.6 is 11.8 Å². The highest BCUT2D eigenvalue weighted by molar-refractivity contribution is 8.18. The molecule has 2 aromatic rings. The van der Waals surface area contributed by atoms with E-state index >= 15 is 0 Å². The van der Waals surface area contributed by atoms with Crippen LogP contribution in [-0.2, 0) is 9.59 Å². The Morgan fingerprint density at radius 2 is 1.86 bits per heavy atom. The third-order valence-corrected chi connectivity index (χ3v) is 5.92. The zero-order chi connectivity index (χ0) is 20.4. The Hall–Kier alpha value is -3.00. The Kier molecular flexibility index (Phi) is 5.44. The van der Waals surface area contributed by atoms with Crippen LogP contribution in [0.15, 0.2) is 50.7 Å². The van der Waals surface area contributed by atoms with E-state index in [9.17, 15) is 9.59 Å². The predicted molar refractivity (Wildman–Crippen MR) is 113 cm³/mol. The smallest absolute Gasteiger partial charge is 0.286 e. The number of aliphatic imine (C=N–C) groups is 1. The molecule has 150 valence electrons. The van der Waals surface area contributed by atoms with Crippen molar-refractivity contribution in [3.05, 3.63) is 47.1 Å². The van der Waals surface area contributed by atoms with Gasteiger partial charge in [-0.2, -0.15) is 4.99 Å². The molecular formula is C21H21N3O4S. The van der Waals surface area contributed by atoms with Gasteiger partial charge in [0.25, 0.3) is 5.91 Å². The average molecular weight is 411 g/mol. The molecule has 4 rings (SSSR count). The zero-order valence-corrected chi connectivity index (χ0v) is 17.1. The Bertz CT molecular complexity index is 986. The minimum Gasteiger partial charge on any atom is -0.497 e. The summed E-state index contributed by atoms with van der Waals surface area (Å²) in [5, 5.41) is 0.686. The summed E-state index contributed by atoms with van der Waals surface area (Å²) in [7, 11) is 1.63. The molecular weight excluding hydrogens is 390 g/mol. The van der Waals surface area contributed by atoms with Crippen molar-refractivity contribution < 1.29 is 18.7 Å². The van der Waals surface area contributed by atoms with E-state index in [1.807, 2.05) is 41.3 Å². The van der Waals surface area contributed by atoms with Gasteiger partial charge in [0.05, 0.1) is 12.0 Å². The molecule has 0 atom stereocenters. The lowest BCUT2D eigenvalue weighted by molar-refractivity contribution is -0.130. The van der Waals surface area contributed by atoms with E-state index in [4.69, 9.17) is 9.15 Å². The van der Waals surface area contributed by atoms with E-state index in [1.54, 1.807) is 25.0 Å². The number of ether oxygens (including phenoxy) is 1. The first-order chi connectivity index (χ1) is 14.0. The Labute approximate surface area is 173 Å². The maximum atomic E-state index is 12.3. The van der Waals surface area contributed by atoms with Crippen molar-refractivity contribution in [1.82, 2.24) is 9.80 Å². The number of piperazine rings is 1. The van der Waals surface area contributed by atoms with Crippen molar-refractivity contribution in [2.75, 3.05) is 33.3 Å². The number of methoxy groups -OCH3 is 1. The van der Waals surface area contributed by atoms with Crippen LogP contribution in [0.2, 0.25) is 0 Å². The van der Waals surface area contributed by atoms with Crippen LogP contribution < -0.4 is 4.74 Å². The monoisotopic (exact) mass is 411 g/mol. The van der Waals surface area contributed by atoms with Gasteiger partial charge < -0.3 is 19.0 Å². The fourth-order valence-electron chi connectivity index (χ4n) is 3.22. The first kappa shape index (κ1) is 19.3. The summed E-state index contributed by atoms with van der Waals surface area (Å²) in [5.41, 5.74) is 0.932. The van der Waals surface area contributed by atoms with Crippen LogP contribution in [0.25, 0.3) is 17.4 Å². The van der Waals surface area contributed by atoms with Crippen molar-refractivity contribution in [1.29, 1.82) is 0 Å². The Morgan fingerprint density at radius 1 is 1.14 bits per heavy atom. The number of carbonyl (C=O) groups is 2. The summed E-state index contributed by atoms with van der Waals surface area (Å²) >= 11 is 1.35. The van der Waals surface area contributed by atoms with Gasteiger partial charge in [-0.25, -0.2) is 0 Å². The molecule has 0 N–H and O–H groups in total. The Morgan fingerprint density at radius 3 is 2.52 bits per heavy atom. The third kappa shape index (κ3) is 4.22. The van der Waals surface area contributed by atoms with Gasteiger partial charge in [0.15, 0.2) is 5.17 Å². The maximum absolute atomic E-state index is 12.3. The molecule has 0 spiro atoms. The second-order valence-corrected chi connectivity index (χ2v) is 7.74. The molecule has 1 aromatic heterocycles. The number of amides is 2. The van der Waals surface area contributed by atoms with Crippen LogP contribution in [0.5, 0.6) is 5.75 Å². The fraction of sp³-hybridized carbons (Fsp3) is 0.286. The van der Waals surface area contributed by atoms with Crippen molar-refractivity contribution in [2.45, 2.75) is 6.92 Å². The molecule has 2 aliphatic rings. The fourth-order valence-corrected chi connectivity index (χ4v) is 4.16. The Balaban J connectivity index is 1.43. The molecule has 1 saturated heterocycles. The van der Waals surface area contributed by atoms with Gasteiger partial charge in [0, 0.05) is 44.7 Å². The molecule has 2 amide bonds. The summed E-state index contributed by atoms with van der Waals surface area (Å²) in [6.07, 6.45) is 1.72. The highest BCUT2D eigenvalue weighted by Gasteiger charge is 2.29. The summed E-state index contributed by atoms with van der Waals surface area (Å²) in [5.74, 6) is 1.92. The van der Waals surface area contributed by atoms with Crippen molar-refractivity contribution in [3.63, 3.8) is 0 Å². The molecule has 3 heterocycles. The first-order valence-electron chi connectivity index (χ1n) is 9.31. The summed E-state index contributed by atoms with van der Waals surface area (Å²) in [4.78, 5) is 32.4. The molecule has 0 aliphatic carbocycles. The van der Waals surface area contributed by atoms with E-state index in [2.05, 4.69) is 4.99 Å². The number of hydrogen-bond acceptors (Lipinski definition) is 6. The number of hydrogen-bond donors (Lipinski definition) is 0. The molecule has 2 aliphatic heterocycles. The van der Waals surface area contributed by atoms with Crippen LogP contribution in [0.4, 0.5) is 0 Å². The maximum Gasteiger partial charge on any atom is 0.286 e. The quantitative estimate of drug-likeness (QED) is 0.723.